The second-order valence-electron chi connectivity index (χ2n) is 4.24. The lowest BCUT2D eigenvalue weighted by Crippen LogP contribution is -2.14. The van der Waals surface area contributed by atoms with E-state index in [0.29, 0.717) is 23.9 Å². The van der Waals surface area contributed by atoms with E-state index < -0.39 is 11.8 Å². The molecule has 0 fully saturated rings. The van der Waals surface area contributed by atoms with Gasteiger partial charge < -0.3 is 14.2 Å². The predicted octanol–water partition coefficient (Wildman–Crippen LogP) is 4.21. The fourth-order valence-corrected chi connectivity index (χ4v) is 1.84. The van der Waals surface area contributed by atoms with E-state index in [0.717, 1.165) is 0 Å². The molecule has 0 atom stereocenters. The molecule has 0 spiro atoms. The molecule has 0 aromatic heterocycles. The lowest BCUT2D eigenvalue weighted by atomic mass is 10.3. The second kappa shape index (κ2) is 7.66. The van der Waals surface area contributed by atoms with Crippen molar-refractivity contribution >= 4 is 17.6 Å². The molecule has 6 heteroatoms. The van der Waals surface area contributed by atoms with Crippen molar-refractivity contribution in [3.05, 3.63) is 53.3 Å². The quantitative estimate of drug-likeness (QED) is 0.746. The summed E-state index contributed by atoms with van der Waals surface area (Å²) in [6.07, 6.45) is 0. The van der Waals surface area contributed by atoms with Crippen molar-refractivity contribution in [1.29, 1.82) is 0 Å². The number of rotatable bonds is 6. The number of benzene rings is 2. The maximum atomic E-state index is 12.9. The van der Waals surface area contributed by atoms with Crippen LogP contribution in [0.1, 0.15) is 6.92 Å². The first-order valence-corrected chi connectivity index (χ1v) is 6.97. The number of esters is 1. The van der Waals surface area contributed by atoms with Crippen LogP contribution in [0.15, 0.2) is 42.5 Å². The Hall–Kier alpha value is -2.27. The molecule has 116 valence electrons. The van der Waals surface area contributed by atoms with E-state index in [1.807, 2.05) is 0 Å². The molecule has 0 aliphatic carbocycles. The van der Waals surface area contributed by atoms with Gasteiger partial charge in [0.2, 0.25) is 0 Å². The van der Waals surface area contributed by atoms with Crippen LogP contribution in [0.4, 0.5) is 4.39 Å². The number of halogens is 2. The number of hydrogen-bond acceptors (Lipinski definition) is 4. The molecule has 2 aromatic rings. The molecule has 0 heterocycles. The molecule has 2 aromatic carbocycles. The van der Waals surface area contributed by atoms with Crippen molar-refractivity contribution in [2.24, 2.45) is 0 Å². The summed E-state index contributed by atoms with van der Waals surface area (Å²) in [7, 11) is 0. The molecule has 0 aliphatic heterocycles. The fourth-order valence-electron chi connectivity index (χ4n) is 1.63. The highest BCUT2D eigenvalue weighted by Gasteiger charge is 2.06. The Balaban J connectivity index is 1.95. The molecule has 22 heavy (non-hydrogen) atoms. The van der Waals surface area contributed by atoms with Crippen LogP contribution in [0.3, 0.4) is 0 Å². The maximum absolute atomic E-state index is 12.9. The minimum atomic E-state index is -0.430. The molecule has 0 radical (unpaired) electrons. The first kappa shape index (κ1) is 16.1. The van der Waals surface area contributed by atoms with Crippen molar-refractivity contribution < 1.29 is 23.4 Å². The van der Waals surface area contributed by atoms with E-state index in [1.165, 1.54) is 18.2 Å². The standard InChI is InChI=1S/C16H14ClFO4/c1-2-20-16(19)10-21-12-4-6-13(7-5-12)22-15-8-3-11(18)9-14(15)17/h3-9H,2,10H2,1H3. The molecular weight excluding hydrogens is 311 g/mol. The zero-order chi connectivity index (χ0) is 15.9. The van der Waals surface area contributed by atoms with Gasteiger partial charge in [-0.3, -0.25) is 0 Å². The predicted molar refractivity (Wildman–Crippen MR) is 80.1 cm³/mol. The van der Waals surface area contributed by atoms with E-state index in [4.69, 9.17) is 25.8 Å². The Kier molecular flexibility index (Phi) is 5.61. The molecule has 2 rings (SSSR count). The Bertz CT molecular complexity index is 643. The highest BCUT2D eigenvalue weighted by Crippen LogP contribution is 2.30. The maximum Gasteiger partial charge on any atom is 0.344 e. The highest BCUT2D eigenvalue weighted by molar-refractivity contribution is 6.32. The van der Waals surface area contributed by atoms with Gasteiger partial charge in [-0.2, -0.15) is 0 Å². The minimum Gasteiger partial charge on any atom is -0.482 e. The van der Waals surface area contributed by atoms with Crippen molar-refractivity contribution in [3.63, 3.8) is 0 Å². The average molecular weight is 325 g/mol. The number of carbonyl (C=O) groups excluding carboxylic acids is 1. The third-order valence-electron chi connectivity index (χ3n) is 2.61. The van der Waals surface area contributed by atoms with Gasteiger partial charge in [0.05, 0.1) is 11.6 Å². The Morgan fingerprint density at radius 1 is 1.14 bits per heavy atom. The van der Waals surface area contributed by atoms with Crippen LogP contribution in [-0.4, -0.2) is 19.2 Å². The van der Waals surface area contributed by atoms with Gasteiger partial charge >= 0.3 is 5.97 Å². The van der Waals surface area contributed by atoms with Crippen LogP contribution in [0.25, 0.3) is 0 Å². The van der Waals surface area contributed by atoms with Gasteiger partial charge in [-0.05, 0) is 49.4 Å². The molecular formula is C16H14ClFO4. The van der Waals surface area contributed by atoms with Crippen LogP contribution >= 0.6 is 11.6 Å². The summed E-state index contributed by atoms with van der Waals surface area (Å²) in [6.45, 7) is 1.88. The van der Waals surface area contributed by atoms with Gasteiger partial charge in [0.25, 0.3) is 0 Å². The largest absolute Gasteiger partial charge is 0.482 e. The van der Waals surface area contributed by atoms with Crippen LogP contribution in [0.2, 0.25) is 5.02 Å². The topological polar surface area (TPSA) is 44.8 Å². The fraction of sp³-hybridized carbons (Fsp3) is 0.188. The Morgan fingerprint density at radius 2 is 1.82 bits per heavy atom. The van der Waals surface area contributed by atoms with Crippen molar-refractivity contribution in [2.75, 3.05) is 13.2 Å². The van der Waals surface area contributed by atoms with E-state index in [2.05, 4.69) is 0 Å². The summed E-state index contributed by atoms with van der Waals surface area (Å²) in [5, 5.41) is 0.183. The van der Waals surface area contributed by atoms with E-state index in [1.54, 1.807) is 31.2 Å². The van der Waals surface area contributed by atoms with Crippen LogP contribution in [0.5, 0.6) is 17.2 Å². The monoisotopic (exact) mass is 324 g/mol. The van der Waals surface area contributed by atoms with E-state index in [-0.39, 0.29) is 11.6 Å². The lowest BCUT2D eigenvalue weighted by molar-refractivity contribution is -0.145. The van der Waals surface area contributed by atoms with Gasteiger partial charge in [0, 0.05) is 0 Å². The van der Waals surface area contributed by atoms with Gasteiger partial charge in [0.15, 0.2) is 6.61 Å². The van der Waals surface area contributed by atoms with Crippen LogP contribution in [0, 0.1) is 5.82 Å². The third-order valence-corrected chi connectivity index (χ3v) is 2.90. The first-order chi connectivity index (χ1) is 10.6. The normalized spacial score (nSPS) is 10.1. The number of carbonyl (C=O) groups is 1. The zero-order valence-electron chi connectivity index (χ0n) is 11.8. The molecule has 0 saturated heterocycles. The smallest absolute Gasteiger partial charge is 0.344 e. The lowest BCUT2D eigenvalue weighted by Gasteiger charge is -2.09. The molecule has 0 saturated carbocycles. The Morgan fingerprint density at radius 3 is 2.45 bits per heavy atom. The average Bonchev–Trinajstić information content (AvgIpc) is 2.50. The van der Waals surface area contributed by atoms with Gasteiger partial charge in [-0.25, -0.2) is 9.18 Å². The van der Waals surface area contributed by atoms with Crippen LogP contribution in [-0.2, 0) is 9.53 Å². The van der Waals surface area contributed by atoms with Crippen LogP contribution < -0.4 is 9.47 Å². The van der Waals surface area contributed by atoms with Crippen molar-refractivity contribution in [3.8, 4) is 17.2 Å². The molecule has 0 unspecified atom stereocenters. The zero-order valence-corrected chi connectivity index (χ0v) is 12.6. The minimum absolute atomic E-state index is 0.155. The molecule has 0 amide bonds. The SMILES string of the molecule is CCOC(=O)COc1ccc(Oc2ccc(F)cc2Cl)cc1. The van der Waals surface area contributed by atoms with Crippen molar-refractivity contribution in [1.82, 2.24) is 0 Å². The molecule has 0 aliphatic rings. The summed E-state index contributed by atoms with van der Waals surface area (Å²) in [6, 6.07) is 10.5. The van der Waals surface area contributed by atoms with Gasteiger partial charge in [-0.1, -0.05) is 11.6 Å². The summed E-state index contributed by atoms with van der Waals surface area (Å²) in [5.74, 6) is 0.506. The van der Waals surface area contributed by atoms with E-state index >= 15 is 0 Å². The third kappa shape index (κ3) is 4.63. The Labute approximate surface area is 132 Å². The molecule has 0 N–H and O–H groups in total. The second-order valence-corrected chi connectivity index (χ2v) is 4.65. The summed E-state index contributed by atoms with van der Waals surface area (Å²) >= 11 is 5.88. The summed E-state index contributed by atoms with van der Waals surface area (Å²) in [5.41, 5.74) is 0. The summed E-state index contributed by atoms with van der Waals surface area (Å²) < 4.78 is 28.5. The van der Waals surface area contributed by atoms with Gasteiger partial charge in [0.1, 0.15) is 23.1 Å². The number of ether oxygens (including phenoxy) is 3. The van der Waals surface area contributed by atoms with Gasteiger partial charge in [-0.15, -0.1) is 0 Å². The highest BCUT2D eigenvalue weighted by atomic mass is 35.5. The molecule has 4 nitrogen and oxygen atoms in total. The molecule has 0 bridgehead atoms. The van der Waals surface area contributed by atoms with E-state index in [9.17, 15) is 9.18 Å². The van der Waals surface area contributed by atoms with Crippen molar-refractivity contribution in [2.45, 2.75) is 6.92 Å². The first-order valence-electron chi connectivity index (χ1n) is 6.60. The number of hydrogen-bond donors (Lipinski definition) is 0. The summed E-state index contributed by atoms with van der Waals surface area (Å²) in [4.78, 5) is 11.2.